The van der Waals surface area contributed by atoms with Crippen molar-refractivity contribution in [1.29, 1.82) is 0 Å². The Kier molecular flexibility index (Phi) is 13.4. The maximum absolute atomic E-state index is 12.0. The second-order valence-corrected chi connectivity index (χ2v) is 5.69. The van der Waals surface area contributed by atoms with Crippen LogP contribution in [0.1, 0.15) is 47.0 Å². The van der Waals surface area contributed by atoms with Crippen molar-refractivity contribution in [2.45, 2.75) is 53.1 Å². The van der Waals surface area contributed by atoms with Gasteiger partial charge >= 0.3 is 0 Å². The van der Waals surface area contributed by atoms with Crippen LogP contribution in [0.4, 0.5) is 0 Å². The third-order valence-electron chi connectivity index (χ3n) is 4.18. The van der Waals surface area contributed by atoms with Crippen molar-refractivity contribution in [2.75, 3.05) is 45.9 Å². The zero-order valence-electron chi connectivity index (χ0n) is 15.7. The molecule has 0 radical (unpaired) electrons. The molecule has 1 heterocycles. The zero-order valence-corrected chi connectivity index (χ0v) is 18.0. The molecule has 1 fully saturated rings. The highest BCUT2D eigenvalue weighted by atomic mass is 127. The van der Waals surface area contributed by atoms with E-state index in [1.165, 1.54) is 0 Å². The second kappa shape index (κ2) is 13.7. The Morgan fingerprint density at radius 3 is 2.33 bits per heavy atom. The predicted octanol–water partition coefficient (Wildman–Crippen LogP) is 2.33. The molecule has 0 unspecified atom stereocenters. The Labute approximate surface area is 164 Å². The van der Waals surface area contributed by atoms with Gasteiger partial charge < -0.3 is 19.9 Å². The highest BCUT2D eigenvalue weighted by Crippen LogP contribution is 2.13. The minimum atomic E-state index is 0. The van der Waals surface area contributed by atoms with Crippen molar-refractivity contribution in [3.05, 3.63) is 0 Å². The molecular formula is C17H35IN4O2. The summed E-state index contributed by atoms with van der Waals surface area (Å²) in [5.74, 6) is 1.11. The van der Waals surface area contributed by atoms with Gasteiger partial charge in [0.2, 0.25) is 5.91 Å². The summed E-state index contributed by atoms with van der Waals surface area (Å²) in [5.41, 5.74) is 0. The molecule has 6 nitrogen and oxygen atoms in total. The van der Waals surface area contributed by atoms with Gasteiger partial charge in [0.25, 0.3) is 0 Å². The average molecular weight is 454 g/mol. The molecule has 1 rings (SSSR count). The second-order valence-electron chi connectivity index (χ2n) is 5.69. The number of guanidine groups is 1. The molecule has 1 aliphatic heterocycles. The van der Waals surface area contributed by atoms with Crippen LogP contribution in [0.25, 0.3) is 0 Å². The fourth-order valence-corrected chi connectivity index (χ4v) is 2.89. The van der Waals surface area contributed by atoms with Crippen LogP contribution in [0.15, 0.2) is 4.99 Å². The van der Waals surface area contributed by atoms with Gasteiger partial charge in [0.15, 0.2) is 5.96 Å². The maximum atomic E-state index is 12.0. The number of carbonyl (C=O) groups excluding carboxylic acids is 1. The summed E-state index contributed by atoms with van der Waals surface area (Å²) >= 11 is 0. The molecule has 24 heavy (non-hydrogen) atoms. The monoisotopic (exact) mass is 454 g/mol. The van der Waals surface area contributed by atoms with Crippen LogP contribution in [0, 0.1) is 0 Å². The lowest BCUT2D eigenvalue weighted by Crippen LogP contribution is -2.47. The van der Waals surface area contributed by atoms with Crippen molar-refractivity contribution >= 4 is 35.8 Å². The van der Waals surface area contributed by atoms with Gasteiger partial charge in [-0.2, -0.15) is 0 Å². The summed E-state index contributed by atoms with van der Waals surface area (Å²) in [4.78, 5) is 20.8. The Balaban J connectivity index is 0.00000529. The highest BCUT2D eigenvalue weighted by Gasteiger charge is 2.21. The van der Waals surface area contributed by atoms with E-state index in [4.69, 9.17) is 4.74 Å². The number of aliphatic imine (C=N–C) groups is 1. The first kappa shape index (κ1) is 23.4. The van der Waals surface area contributed by atoms with E-state index in [0.29, 0.717) is 19.1 Å². The van der Waals surface area contributed by atoms with E-state index >= 15 is 0 Å². The summed E-state index contributed by atoms with van der Waals surface area (Å²) in [6.07, 6.45) is 2.93. The number of hydrogen-bond donors (Lipinski definition) is 1. The zero-order chi connectivity index (χ0) is 17.1. The van der Waals surface area contributed by atoms with E-state index in [1.54, 1.807) is 0 Å². The maximum Gasteiger partial charge on any atom is 0.224 e. The van der Waals surface area contributed by atoms with Gasteiger partial charge in [-0.1, -0.05) is 0 Å². The smallest absolute Gasteiger partial charge is 0.224 e. The molecule has 0 saturated carbocycles. The van der Waals surface area contributed by atoms with Crippen LogP contribution in [-0.2, 0) is 9.53 Å². The number of amides is 1. The Bertz CT molecular complexity index is 368. The molecule has 0 aromatic rings. The van der Waals surface area contributed by atoms with E-state index in [9.17, 15) is 4.79 Å². The molecule has 1 N–H and O–H groups in total. The van der Waals surface area contributed by atoms with E-state index in [0.717, 1.165) is 58.1 Å². The van der Waals surface area contributed by atoms with Crippen LogP contribution in [0.3, 0.4) is 0 Å². The fourth-order valence-electron chi connectivity index (χ4n) is 2.89. The number of carbonyl (C=O) groups is 1. The molecule has 0 spiro atoms. The highest BCUT2D eigenvalue weighted by molar-refractivity contribution is 14.0. The topological polar surface area (TPSA) is 57.2 Å². The third-order valence-corrected chi connectivity index (χ3v) is 4.18. The van der Waals surface area contributed by atoms with Gasteiger partial charge in [0.05, 0.1) is 12.6 Å². The van der Waals surface area contributed by atoms with Gasteiger partial charge in [-0.05, 0) is 40.5 Å². The standard InChI is InChI=1S/C17H34N4O2.HI/c1-5-18-17(19-12-9-16(22)20(6-2)7-3)21-13-10-15(11-14-21)23-8-4;/h15H,5-14H2,1-4H3,(H,18,19);1H. The first-order chi connectivity index (χ1) is 11.2. The summed E-state index contributed by atoms with van der Waals surface area (Å²) in [5, 5.41) is 3.34. The van der Waals surface area contributed by atoms with Gasteiger partial charge in [0.1, 0.15) is 0 Å². The van der Waals surface area contributed by atoms with Gasteiger partial charge in [-0.3, -0.25) is 9.79 Å². The average Bonchev–Trinajstić information content (AvgIpc) is 2.56. The van der Waals surface area contributed by atoms with Crippen molar-refractivity contribution in [2.24, 2.45) is 4.99 Å². The molecule has 0 bridgehead atoms. The molecule has 142 valence electrons. The van der Waals surface area contributed by atoms with Crippen LogP contribution in [0.2, 0.25) is 0 Å². The quantitative estimate of drug-likeness (QED) is 0.348. The van der Waals surface area contributed by atoms with E-state index in [1.807, 2.05) is 25.7 Å². The first-order valence-corrected chi connectivity index (χ1v) is 9.08. The molecule has 0 aromatic heterocycles. The number of halogens is 1. The molecule has 1 amide bonds. The Morgan fingerprint density at radius 2 is 1.83 bits per heavy atom. The van der Waals surface area contributed by atoms with Crippen LogP contribution >= 0.6 is 24.0 Å². The number of nitrogens with zero attached hydrogens (tertiary/aromatic N) is 3. The van der Waals surface area contributed by atoms with Crippen LogP contribution in [-0.4, -0.2) is 73.6 Å². The lowest BCUT2D eigenvalue weighted by molar-refractivity contribution is -0.130. The Morgan fingerprint density at radius 1 is 1.21 bits per heavy atom. The lowest BCUT2D eigenvalue weighted by atomic mass is 10.1. The SMILES string of the molecule is CCNC(=NCCC(=O)N(CC)CC)N1CCC(OCC)CC1.I. The minimum Gasteiger partial charge on any atom is -0.378 e. The van der Waals surface area contributed by atoms with Crippen LogP contribution in [0.5, 0.6) is 0 Å². The first-order valence-electron chi connectivity index (χ1n) is 9.08. The summed E-state index contributed by atoms with van der Waals surface area (Å²) < 4.78 is 5.70. The summed E-state index contributed by atoms with van der Waals surface area (Å²) in [6.45, 7) is 13.8. The van der Waals surface area contributed by atoms with Crippen molar-refractivity contribution in [1.82, 2.24) is 15.1 Å². The molecule has 0 aliphatic carbocycles. The number of nitrogens with one attached hydrogen (secondary N) is 1. The largest absolute Gasteiger partial charge is 0.378 e. The fraction of sp³-hybridized carbons (Fsp3) is 0.882. The van der Waals surface area contributed by atoms with Gasteiger partial charge in [-0.25, -0.2) is 0 Å². The predicted molar refractivity (Wildman–Crippen MR) is 110 cm³/mol. The van der Waals surface area contributed by atoms with E-state index in [-0.39, 0.29) is 29.9 Å². The number of likely N-dealkylation sites (tertiary alicyclic amines) is 1. The molecule has 1 saturated heterocycles. The third kappa shape index (κ3) is 8.00. The Hall–Kier alpha value is -0.570. The summed E-state index contributed by atoms with van der Waals surface area (Å²) in [7, 11) is 0. The molecule has 0 atom stereocenters. The van der Waals surface area contributed by atoms with E-state index in [2.05, 4.69) is 22.1 Å². The van der Waals surface area contributed by atoms with Gasteiger partial charge in [-0.15, -0.1) is 24.0 Å². The minimum absolute atomic E-state index is 0. The number of hydrogen-bond acceptors (Lipinski definition) is 3. The molecule has 1 aliphatic rings. The van der Waals surface area contributed by atoms with Crippen molar-refractivity contribution in [3.8, 4) is 0 Å². The summed E-state index contributed by atoms with van der Waals surface area (Å²) in [6, 6.07) is 0. The number of rotatable bonds is 8. The van der Waals surface area contributed by atoms with Crippen LogP contribution < -0.4 is 5.32 Å². The van der Waals surface area contributed by atoms with Crippen molar-refractivity contribution < 1.29 is 9.53 Å². The molecule has 7 heteroatoms. The normalized spacial score (nSPS) is 15.8. The molecular weight excluding hydrogens is 419 g/mol. The molecule has 0 aromatic carbocycles. The van der Waals surface area contributed by atoms with Crippen molar-refractivity contribution in [3.63, 3.8) is 0 Å². The lowest BCUT2D eigenvalue weighted by Gasteiger charge is -2.34. The number of ether oxygens (including phenoxy) is 1. The van der Waals surface area contributed by atoms with Gasteiger partial charge in [0, 0.05) is 45.8 Å². The number of piperidine rings is 1. The van der Waals surface area contributed by atoms with E-state index < -0.39 is 0 Å².